The van der Waals surface area contributed by atoms with Crippen molar-refractivity contribution in [1.82, 2.24) is 19.4 Å². The summed E-state index contributed by atoms with van der Waals surface area (Å²) in [6.07, 6.45) is 5.95. The molecule has 0 spiro atoms. The van der Waals surface area contributed by atoms with Gasteiger partial charge in [0, 0.05) is 32.3 Å². The Kier molecular flexibility index (Phi) is 4.51. The lowest BCUT2D eigenvalue weighted by Crippen LogP contribution is -2.34. The number of aliphatic hydroxyl groups is 1. The topological polar surface area (TPSA) is 54.2 Å². The summed E-state index contributed by atoms with van der Waals surface area (Å²) >= 11 is 0. The molecule has 0 radical (unpaired) electrons. The lowest BCUT2D eigenvalue weighted by atomic mass is 9.98. The molecule has 0 aromatic carbocycles. The Morgan fingerprint density at radius 2 is 2.33 bits per heavy atom. The molecule has 3 rings (SSSR count). The molecule has 3 heterocycles. The zero-order valence-electron chi connectivity index (χ0n) is 12.7. The molecule has 1 aliphatic heterocycles. The number of imidazole rings is 1. The third-order valence-corrected chi connectivity index (χ3v) is 4.30. The van der Waals surface area contributed by atoms with Crippen LogP contribution in [0.2, 0.25) is 0 Å². The van der Waals surface area contributed by atoms with Crippen LogP contribution in [0.5, 0.6) is 0 Å². The van der Waals surface area contributed by atoms with Crippen LogP contribution in [0.4, 0.5) is 0 Å². The third kappa shape index (κ3) is 3.24. The summed E-state index contributed by atoms with van der Waals surface area (Å²) in [5.41, 5.74) is 1.95. The van der Waals surface area contributed by atoms with Gasteiger partial charge in [-0.1, -0.05) is 0 Å². The van der Waals surface area contributed by atoms with Crippen LogP contribution in [0.25, 0.3) is 11.2 Å². The molecule has 5 nitrogen and oxygen atoms in total. The number of rotatable bonds is 5. The first kappa shape index (κ1) is 14.5. The van der Waals surface area contributed by atoms with Crippen molar-refractivity contribution in [3.63, 3.8) is 0 Å². The van der Waals surface area contributed by atoms with Gasteiger partial charge < -0.3 is 14.6 Å². The molecule has 1 atom stereocenters. The van der Waals surface area contributed by atoms with Crippen molar-refractivity contribution < 1.29 is 5.11 Å². The molecule has 0 amide bonds. The van der Waals surface area contributed by atoms with Gasteiger partial charge >= 0.3 is 0 Å². The van der Waals surface area contributed by atoms with Crippen LogP contribution in [0.3, 0.4) is 0 Å². The van der Waals surface area contributed by atoms with E-state index in [1.807, 2.05) is 18.3 Å². The average molecular weight is 288 g/mol. The number of hydrogen-bond donors (Lipinski definition) is 1. The number of hydrogen-bond acceptors (Lipinski definition) is 4. The first-order valence-electron chi connectivity index (χ1n) is 7.87. The van der Waals surface area contributed by atoms with Crippen LogP contribution < -0.4 is 0 Å². The van der Waals surface area contributed by atoms with Crippen molar-refractivity contribution in [2.45, 2.75) is 32.2 Å². The first-order valence-corrected chi connectivity index (χ1v) is 7.87. The molecule has 1 N–H and O–H groups in total. The van der Waals surface area contributed by atoms with E-state index in [9.17, 15) is 0 Å². The van der Waals surface area contributed by atoms with E-state index in [1.165, 1.54) is 19.4 Å². The van der Waals surface area contributed by atoms with E-state index in [0.29, 0.717) is 5.92 Å². The molecule has 2 aromatic rings. The minimum absolute atomic E-state index is 0.211. The van der Waals surface area contributed by atoms with Crippen molar-refractivity contribution >= 4 is 11.2 Å². The highest BCUT2D eigenvalue weighted by atomic mass is 16.2. The van der Waals surface area contributed by atoms with Crippen molar-refractivity contribution in [2.24, 2.45) is 5.92 Å². The van der Waals surface area contributed by atoms with Gasteiger partial charge in [0.2, 0.25) is 0 Å². The van der Waals surface area contributed by atoms with Gasteiger partial charge in [-0.25, -0.2) is 9.97 Å². The van der Waals surface area contributed by atoms with E-state index in [0.717, 1.165) is 42.9 Å². The first-order chi connectivity index (χ1) is 10.3. The van der Waals surface area contributed by atoms with E-state index in [2.05, 4.69) is 21.5 Å². The smallest absolute Gasteiger partial charge is 0.159 e. The van der Waals surface area contributed by atoms with E-state index >= 15 is 0 Å². The molecule has 0 aliphatic carbocycles. The third-order valence-electron chi connectivity index (χ3n) is 4.30. The lowest BCUT2D eigenvalue weighted by Gasteiger charge is -2.30. The molecule has 1 saturated heterocycles. The Morgan fingerprint density at radius 3 is 3.14 bits per heavy atom. The Morgan fingerprint density at radius 1 is 1.43 bits per heavy atom. The highest BCUT2D eigenvalue weighted by Gasteiger charge is 2.20. The number of likely N-dealkylation sites (tertiary alicyclic amines) is 1. The minimum atomic E-state index is 0.211. The quantitative estimate of drug-likeness (QED) is 0.910. The zero-order chi connectivity index (χ0) is 14.7. The van der Waals surface area contributed by atoms with Gasteiger partial charge in [0.15, 0.2) is 5.65 Å². The fraction of sp³-hybridized carbons (Fsp3) is 0.625. The average Bonchev–Trinajstić information content (AvgIpc) is 2.83. The van der Waals surface area contributed by atoms with E-state index in [4.69, 9.17) is 10.1 Å². The standard InChI is InChI=1S/C16H24N4O/c1-19-9-3-5-13(11-19)12-20-15(7-4-10-21)18-14-6-2-8-17-16(14)20/h2,6,8,13,21H,3-5,7,9-12H2,1H3. The molecule has 0 bridgehead atoms. The van der Waals surface area contributed by atoms with Gasteiger partial charge in [-0.15, -0.1) is 0 Å². The molecule has 114 valence electrons. The molecule has 0 saturated carbocycles. The maximum Gasteiger partial charge on any atom is 0.159 e. The van der Waals surface area contributed by atoms with Gasteiger partial charge in [-0.2, -0.15) is 0 Å². The Bertz CT molecular complexity index is 595. The maximum absolute atomic E-state index is 9.09. The van der Waals surface area contributed by atoms with Gasteiger partial charge in [0.25, 0.3) is 0 Å². The second-order valence-electron chi connectivity index (χ2n) is 6.08. The largest absolute Gasteiger partial charge is 0.396 e. The van der Waals surface area contributed by atoms with Crippen molar-refractivity contribution in [1.29, 1.82) is 0 Å². The second kappa shape index (κ2) is 6.54. The van der Waals surface area contributed by atoms with Gasteiger partial charge in [0.05, 0.1) is 0 Å². The number of pyridine rings is 1. The zero-order valence-corrected chi connectivity index (χ0v) is 12.7. The summed E-state index contributed by atoms with van der Waals surface area (Å²) in [6, 6.07) is 3.96. The molecule has 21 heavy (non-hydrogen) atoms. The van der Waals surface area contributed by atoms with Crippen LogP contribution in [0.15, 0.2) is 18.3 Å². The molecule has 1 unspecified atom stereocenters. The second-order valence-corrected chi connectivity index (χ2v) is 6.08. The summed E-state index contributed by atoms with van der Waals surface area (Å²) in [7, 11) is 2.20. The van der Waals surface area contributed by atoms with Crippen LogP contribution in [0, 0.1) is 5.92 Å². The SMILES string of the molecule is CN1CCCC(Cn2c(CCCO)nc3cccnc32)C1. The Balaban J connectivity index is 1.87. The van der Waals surface area contributed by atoms with Crippen LogP contribution in [-0.2, 0) is 13.0 Å². The summed E-state index contributed by atoms with van der Waals surface area (Å²) in [4.78, 5) is 11.6. The predicted octanol–water partition coefficient (Wildman–Crippen LogP) is 1.70. The van der Waals surface area contributed by atoms with Gasteiger partial charge in [-0.05, 0) is 50.9 Å². The lowest BCUT2D eigenvalue weighted by molar-refractivity contribution is 0.194. The molecular formula is C16H24N4O. The van der Waals surface area contributed by atoms with Crippen molar-refractivity contribution in [3.8, 4) is 0 Å². The predicted molar refractivity (Wildman–Crippen MR) is 83.2 cm³/mol. The highest BCUT2D eigenvalue weighted by Crippen LogP contribution is 2.22. The van der Waals surface area contributed by atoms with Crippen molar-refractivity contribution in [2.75, 3.05) is 26.7 Å². The normalized spacial score (nSPS) is 20.2. The number of aryl methyl sites for hydroxylation is 1. The Hall–Kier alpha value is -1.46. The fourth-order valence-corrected chi connectivity index (χ4v) is 3.31. The van der Waals surface area contributed by atoms with Crippen LogP contribution in [-0.4, -0.2) is 51.3 Å². The van der Waals surface area contributed by atoms with Gasteiger partial charge in [-0.3, -0.25) is 0 Å². The number of aliphatic hydroxyl groups excluding tert-OH is 1. The highest BCUT2D eigenvalue weighted by molar-refractivity contribution is 5.71. The summed E-state index contributed by atoms with van der Waals surface area (Å²) in [6.45, 7) is 3.55. The number of nitrogens with zero attached hydrogens (tertiary/aromatic N) is 4. The maximum atomic E-state index is 9.09. The van der Waals surface area contributed by atoms with Crippen LogP contribution in [0.1, 0.15) is 25.1 Å². The Labute approximate surface area is 125 Å². The van der Waals surface area contributed by atoms with Crippen LogP contribution >= 0.6 is 0 Å². The summed E-state index contributed by atoms with van der Waals surface area (Å²) in [5.74, 6) is 1.72. The van der Waals surface area contributed by atoms with Crippen molar-refractivity contribution in [3.05, 3.63) is 24.2 Å². The summed E-state index contributed by atoms with van der Waals surface area (Å²) in [5, 5.41) is 9.09. The van der Waals surface area contributed by atoms with E-state index < -0.39 is 0 Å². The number of aromatic nitrogens is 3. The fourth-order valence-electron chi connectivity index (χ4n) is 3.31. The van der Waals surface area contributed by atoms with E-state index in [-0.39, 0.29) is 6.61 Å². The molecule has 5 heteroatoms. The molecule has 1 fully saturated rings. The molecule has 2 aromatic heterocycles. The van der Waals surface area contributed by atoms with E-state index in [1.54, 1.807) is 0 Å². The monoisotopic (exact) mass is 288 g/mol. The number of piperidine rings is 1. The minimum Gasteiger partial charge on any atom is -0.396 e. The molecular weight excluding hydrogens is 264 g/mol. The van der Waals surface area contributed by atoms with Gasteiger partial charge in [0.1, 0.15) is 11.3 Å². The molecule has 1 aliphatic rings. The number of fused-ring (bicyclic) bond motifs is 1. The summed E-state index contributed by atoms with van der Waals surface area (Å²) < 4.78 is 2.27.